The summed E-state index contributed by atoms with van der Waals surface area (Å²) in [6.45, 7) is 7.87. The summed E-state index contributed by atoms with van der Waals surface area (Å²) in [6.07, 6.45) is 2.61. The Labute approximate surface area is 97.2 Å². The van der Waals surface area contributed by atoms with Crippen LogP contribution in [0.1, 0.15) is 26.6 Å². The lowest BCUT2D eigenvalue weighted by atomic mass is 10.1. The number of nitrogens with one attached hydrogen (secondary N) is 1. The molecule has 0 fully saturated rings. The zero-order chi connectivity index (χ0) is 12.0. The van der Waals surface area contributed by atoms with Gasteiger partial charge in [-0.3, -0.25) is 4.68 Å². The normalized spacial score (nSPS) is 15.0. The second-order valence-electron chi connectivity index (χ2n) is 3.83. The Kier molecular flexibility index (Phi) is 5.42. The summed E-state index contributed by atoms with van der Waals surface area (Å²) < 4.78 is 7.43. The van der Waals surface area contributed by atoms with Crippen molar-refractivity contribution in [1.29, 1.82) is 0 Å². The van der Waals surface area contributed by atoms with Crippen LogP contribution in [0.15, 0.2) is 6.33 Å². The van der Waals surface area contributed by atoms with Gasteiger partial charge < -0.3 is 10.1 Å². The lowest BCUT2D eigenvalue weighted by Crippen LogP contribution is -2.42. The molecule has 1 aromatic rings. The number of rotatable bonds is 7. The summed E-state index contributed by atoms with van der Waals surface area (Å²) >= 11 is 0. The van der Waals surface area contributed by atoms with E-state index in [0.717, 1.165) is 25.4 Å². The van der Waals surface area contributed by atoms with E-state index in [-0.39, 0.29) is 12.1 Å². The van der Waals surface area contributed by atoms with Crippen molar-refractivity contribution in [2.24, 2.45) is 7.05 Å². The van der Waals surface area contributed by atoms with Gasteiger partial charge in [0.2, 0.25) is 0 Å². The van der Waals surface area contributed by atoms with Crippen molar-refractivity contribution >= 4 is 0 Å². The molecular formula is C11H22N4O. The molecule has 0 bridgehead atoms. The Morgan fingerprint density at radius 1 is 1.50 bits per heavy atom. The fourth-order valence-electron chi connectivity index (χ4n) is 1.75. The number of hydrogen-bond donors (Lipinski definition) is 1. The molecule has 1 aromatic heterocycles. The minimum atomic E-state index is 0.182. The molecule has 1 heterocycles. The number of aryl methyl sites for hydroxylation is 1. The lowest BCUT2D eigenvalue weighted by Gasteiger charge is -2.24. The molecule has 0 amide bonds. The van der Waals surface area contributed by atoms with Crippen molar-refractivity contribution in [3.05, 3.63) is 12.2 Å². The summed E-state index contributed by atoms with van der Waals surface area (Å²) in [5, 5.41) is 7.50. The van der Waals surface area contributed by atoms with E-state index in [4.69, 9.17) is 4.74 Å². The molecule has 1 N–H and O–H groups in total. The molecule has 5 heteroatoms. The molecule has 0 aliphatic heterocycles. The molecule has 0 saturated carbocycles. The average Bonchev–Trinajstić information content (AvgIpc) is 2.64. The van der Waals surface area contributed by atoms with Crippen LogP contribution in [0.2, 0.25) is 0 Å². The molecule has 2 unspecified atom stereocenters. The van der Waals surface area contributed by atoms with Crippen molar-refractivity contribution in [3.63, 3.8) is 0 Å². The van der Waals surface area contributed by atoms with E-state index in [9.17, 15) is 0 Å². The first-order chi connectivity index (χ1) is 7.69. The Balaban J connectivity index is 2.60. The Morgan fingerprint density at radius 2 is 2.25 bits per heavy atom. The maximum atomic E-state index is 5.63. The summed E-state index contributed by atoms with van der Waals surface area (Å²) in [4.78, 5) is 4.24. The average molecular weight is 226 g/mol. The maximum absolute atomic E-state index is 5.63. The number of hydrogen-bond acceptors (Lipinski definition) is 4. The van der Waals surface area contributed by atoms with E-state index < -0.39 is 0 Å². The fraction of sp³-hybridized carbons (Fsp3) is 0.818. The molecule has 0 aromatic carbocycles. The van der Waals surface area contributed by atoms with Gasteiger partial charge in [0.05, 0.1) is 6.10 Å². The van der Waals surface area contributed by atoms with Crippen molar-refractivity contribution in [3.8, 4) is 0 Å². The second-order valence-corrected chi connectivity index (χ2v) is 3.83. The molecule has 92 valence electrons. The standard InChI is InChI=1S/C11H22N4O/c1-5-12-10(9(3)16-6-2)7-11-13-8-14-15(11)4/h8-10,12H,5-7H2,1-4H3. The smallest absolute Gasteiger partial charge is 0.138 e. The molecule has 0 saturated heterocycles. The van der Waals surface area contributed by atoms with Gasteiger partial charge in [-0.05, 0) is 20.4 Å². The van der Waals surface area contributed by atoms with Crippen LogP contribution < -0.4 is 5.32 Å². The predicted molar refractivity (Wildman–Crippen MR) is 63.3 cm³/mol. The van der Waals surface area contributed by atoms with E-state index in [1.807, 2.05) is 18.7 Å². The molecule has 16 heavy (non-hydrogen) atoms. The van der Waals surface area contributed by atoms with Crippen LogP contribution in [0.5, 0.6) is 0 Å². The van der Waals surface area contributed by atoms with Gasteiger partial charge >= 0.3 is 0 Å². The van der Waals surface area contributed by atoms with E-state index >= 15 is 0 Å². The first-order valence-corrected chi connectivity index (χ1v) is 5.86. The topological polar surface area (TPSA) is 52.0 Å². The van der Waals surface area contributed by atoms with Gasteiger partial charge in [0.1, 0.15) is 12.2 Å². The molecule has 0 aliphatic carbocycles. The van der Waals surface area contributed by atoms with E-state index in [1.165, 1.54) is 0 Å². The van der Waals surface area contributed by atoms with Gasteiger partial charge in [-0.25, -0.2) is 4.98 Å². The first-order valence-electron chi connectivity index (χ1n) is 5.86. The first kappa shape index (κ1) is 13.1. The van der Waals surface area contributed by atoms with Gasteiger partial charge in [-0.2, -0.15) is 5.10 Å². The van der Waals surface area contributed by atoms with Crippen LogP contribution in [0.3, 0.4) is 0 Å². The molecule has 0 aliphatic rings. The minimum Gasteiger partial charge on any atom is -0.377 e. The highest BCUT2D eigenvalue weighted by Gasteiger charge is 2.18. The van der Waals surface area contributed by atoms with E-state index in [1.54, 1.807) is 6.33 Å². The van der Waals surface area contributed by atoms with Crippen LogP contribution in [-0.2, 0) is 18.2 Å². The van der Waals surface area contributed by atoms with Crippen LogP contribution in [-0.4, -0.2) is 40.1 Å². The molecule has 0 radical (unpaired) electrons. The lowest BCUT2D eigenvalue weighted by molar-refractivity contribution is 0.0473. The summed E-state index contributed by atoms with van der Waals surface area (Å²) in [6, 6.07) is 0.285. The Bertz CT molecular complexity index is 300. The quantitative estimate of drug-likeness (QED) is 0.746. The monoisotopic (exact) mass is 226 g/mol. The van der Waals surface area contributed by atoms with Crippen LogP contribution >= 0.6 is 0 Å². The van der Waals surface area contributed by atoms with Crippen molar-refractivity contribution < 1.29 is 4.74 Å². The van der Waals surface area contributed by atoms with Gasteiger partial charge in [0, 0.05) is 26.1 Å². The van der Waals surface area contributed by atoms with Crippen molar-refractivity contribution in [2.45, 2.75) is 39.3 Å². The summed E-state index contributed by atoms with van der Waals surface area (Å²) in [5.74, 6) is 0.984. The van der Waals surface area contributed by atoms with E-state index in [0.29, 0.717) is 0 Å². The van der Waals surface area contributed by atoms with Crippen LogP contribution in [0.25, 0.3) is 0 Å². The third-order valence-electron chi connectivity index (χ3n) is 2.67. The minimum absolute atomic E-state index is 0.182. The predicted octanol–water partition coefficient (Wildman–Crippen LogP) is 0.761. The fourth-order valence-corrected chi connectivity index (χ4v) is 1.75. The molecule has 5 nitrogen and oxygen atoms in total. The van der Waals surface area contributed by atoms with Crippen molar-refractivity contribution in [1.82, 2.24) is 20.1 Å². The number of nitrogens with zero attached hydrogens (tertiary/aromatic N) is 3. The summed E-state index contributed by atoms with van der Waals surface area (Å²) in [7, 11) is 1.91. The number of ether oxygens (including phenoxy) is 1. The maximum Gasteiger partial charge on any atom is 0.138 e. The highest BCUT2D eigenvalue weighted by Crippen LogP contribution is 2.05. The van der Waals surface area contributed by atoms with Gasteiger partial charge in [0.15, 0.2) is 0 Å². The van der Waals surface area contributed by atoms with Crippen LogP contribution in [0, 0.1) is 0 Å². The number of aromatic nitrogens is 3. The van der Waals surface area contributed by atoms with Crippen molar-refractivity contribution in [2.75, 3.05) is 13.2 Å². The Hall–Kier alpha value is -0.940. The zero-order valence-corrected chi connectivity index (χ0v) is 10.6. The Morgan fingerprint density at radius 3 is 2.75 bits per heavy atom. The van der Waals surface area contributed by atoms with Gasteiger partial charge in [-0.1, -0.05) is 6.92 Å². The third kappa shape index (κ3) is 3.57. The molecule has 1 rings (SSSR count). The third-order valence-corrected chi connectivity index (χ3v) is 2.67. The molecule has 2 atom stereocenters. The largest absolute Gasteiger partial charge is 0.377 e. The highest BCUT2D eigenvalue weighted by molar-refractivity contribution is 4.91. The number of likely N-dealkylation sites (N-methyl/N-ethyl adjacent to an activating group) is 1. The molecular weight excluding hydrogens is 204 g/mol. The zero-order valence-electron chi connectivity index (χ0n) is 10.6. The van der Waals surface area contributed by atoms with Crippen LogP contribution in [0.4, 0.5) is 0 Å². The summed E-state index contributed by atoms with van der Waals surface area (Å²) in [5.41, 5.74) is 0. The highest BCUT2D eigenvalue weighted by atomic mass is 16.5. The second kappa shape index (κ2) is 6.60. The van der Waals surface area contributed by atoms with E-state index in [2.05, 4.69) is 29.2 Å². The SMILES string of the molecule is CCNC(Cc1ncnn1C)C(C)OCC. The molecule has 0 spiro atoms. The van der Waals surface area contributed by atoms with Gasteiger partial charge in [0.25, 0.3) is 0 Å². The van der Waals surface area contributed by atoms with Gasteiger partial charge in [-0.15, -0.1) is 0 Å².